The molecule has 1 fully saturated rings. The number of anilines is 1. The van der Waals surface area contributed by atoms with E-state index in [1.807, 2.05) is 23.6 Å². The fourth-order valence-corrected chi connectivity index (χ4v) is 3.01. The summed E-state index contributed by atoms with van der Waals surface area (Å²) >= 11 is 1.90. The van der Waals surface area contributed by atoms with E-state index >= 15 is 0 Å². The van der Waals surface area contributed by atoms with Gasteiger partial charge >= 0.3 is 0 Å². The van der Waals surface area contributed by atoms with Crippen molar-refractivity contribution in [2.45, 2.75) is 13.3 Å². The van der Waals surface area contributed by atoms with Crippen LogP contribution in [0.1, 0.15) is 23.7 Å². The van der Waals surface area contributed by atoms with E-state index in [0.717, 1.165) is 31.0 Å². The van der Waals surface area contributed by atoms with Gasteiger partial charge in [0.25, 0.3) is 5.91 Å². The van der Waals surface area contributed by atoms with E-state index in [0.29, 0.717) is 23.6 Å². The van der Waals surface area contributed by atoms with Crippen molar-refractivity contribution in [3.63, 3.8) is 0 Å². The lowest BCUT2D eigenvalue weighted by Gasteiger charge is -2.20. The van der Waals surface area contributed by atoms with Crippen molar-refractivity contribution in [2.75, 3.05) is 36.9 Å². The number of rotatable bonds is 3. The van der Waals surface area contributed by atoms with Gasteiger partial charge in [0.05, 0.1) is 6.61 Å². The fourth-order valence-electron chi connectivity index (χ4n) is 2.13. The van der Waals surface area contributed by atoms with Crippen molar-refractivity contribution < 1.29 is 9.53 Å². The maximum absolute atomic E-state index is 12.5. The van der Waals surface area contributed by atoms with Gasteiger partial charge in [0.15, 0.2) is 0 Å². The highest BCUT2D eigenvalue weighted by Gasteiger charge is 2.18. The maximum Gasteiger partial charge on any atom is 0.254 e. The van der Waals surface area contributed by atoms with Gasteiger partial charge in [-0.1, -0.05) is 0 Å². The first-order chi connectivity index (χ1) is 9.20. The van der Waals surface area contributed by atoms with Crippen molar-refractivity contribution in [3.05, 3.63) is 23.8 Å². The number of thioether (sulfide) groups is 1. The monoisotopic (exact) mass is 280 g/mol. The Morgan fingerprint density at radius 2 is 2.21 bits per heavy atom. The zero-order valence-electron chi connectivity index (χ0n) is 11.2. The fraction of sp³-hybridized carbons (Fsp3) is 0.500. The Balaban J connectivity index is 2.17. The highest BCUT2D eigenvalue weighted by atomic mass is 32.2. The lowest BCUT2D eigenvalue weighted by Crippen LogP contribution is -2.33. The Labute approximate surface area is 118 Å². The smallest absolute Gasteiger partial charge is 0.254 e. The number of hydrogen-bond acceptors (Lipinski definition) is 4. The lowest BCUT2D eigenvalue weighted by atomic mass is 10.1. The van der Waals surface area contributed by atoms with Crippen LogP contribution < -0.4 is 10.5 Å². The molecule has 1 amide bonds. The van der Waals surface area contributed by atoms with Crippen LogP contribution in [0.25, 0.3) is 0 Å². The molecule has 0 aliphatic carbocycles. The second-order valence-electron chi connectivity index (χ2n) is 4.48. The Hall–Kier alpha value is -1.36. The van der Waals surface area contributed by atoms with E-state index in [2.05, 4.69) is 0 Å². The predicted octanol–water partition coefficient (Wildman–Crippen LogP) is 2.25. The molecule has 1 saturated heterocycles. The molecule has 0 unspecified atom stereocenters. The van der Waals surface area contributed by atoms with Crippen molar-refractivity contribution >= 4 is 23.4 Å². The maximum atomic E-state index is 12.5. The predicted molar refractivity (Wildman–Crippen MR) is 79.9 cm³/mol. The summed E-state index contributed by atoms with van der Waals surface area (Å²) in [6.07, 6.45) is 1.05. The van der Waals surface area contributed by atoms with Crippen LogP contribution in [0, 0.1) is 0 Å². The molecule has 1 aromatic rings. The average Bonchev–Trinajstić information content (AvgIpc) is 2.66. The van der Waals surface area contributed by atoms with Crippen LogP contribution in [0.3, 0.4) is 0 Å². The molecule has 1 heterocycles. The molecule has 0 bridgehead atoms. The van der Waals surface area contributed by atoms with Crippen LogP contribution in [0.5, 0.6) is 5.75 Å². The minimum Gasteiger partial charge on any atom is -0.494 e. The van der Waals surface area contributed by atoms with E-state index in [1.54, 1.807) is 18.2 Å². The molecule has 0 spiro atoms. The Morgan fingerprint density at radius 3 is 3.00 bits per heavy atom. The Morgan fingerprint density at radius 1 is 1.37 bits per heavy atom. The number of amides is 1. The zero-order chi connectivity index (χ0) is 13.7. The summed E-state index contributed by atoms with van der Waals surface area (Å²) in [6, 6.07) is 5.25. The second kappa shape index (κ2) is 6.70. The molecule has 1 aromatic carbocycles. The first kappa shape index (κ1) is 14.1. The number of nitrogen functional groups attached to an aromatic ring is 1. The molecule has 104 valence electrons. The van der Waals surface area contributed by atoms with Gasteiger partial charge in [-0.15, -0.1) is 0 Å². The number of nitrogens with zero attached hydrogens (tertiary/aromatic N) is 1. The molecule has 0 saturated carbocycles. The third-order valence-corrected chi connectivity index (χ3v) is 4.04. The molecule has 2 N–H and O–H groups in total. The second-order valence-corrected chi connectivity index (χ2v) is 5.71. The van der Waals surface area contributed by atoms with Crippen molar-refractivity contribution in [1.82, 2.24) is 4.90 Å². The first-order valence-electron chi connectivity index (χ1n) is 6.61. The third kappa shape index (κ3) is 3.80. The minimum atomic E-state index is 0.0516. The summed E-state index contributed by atoms with van der Waals surface area (Å²) < 4.78 is 5.43. The van der Waals surface area contributed by atoms with E-state index < -0.39 is 0 Å². The summed E-state index contributed by atoms with van der Waals surface area (Å²) in [5.74, 6) is 2.85. The van der Waals surface area contributed by atoms with Crippen LogP contribution in [-0.2, 0) is 0 Å². The first-order valence-corrected chi connectivity index (χ1v) is 7.76. The summed E-state index contributed by atoms with van der Waals surface area (Å²) in [6.45, 7) is 4.11. The van der Waals surface area contributed by atoms with Gasteiger partial charge in [-0.05, 0) is 31.2 Å². The molecule has 0 atom stereocenters. The van der Waals surface area contributed by atoms with E-state index in [4.69, 9.17) is 10.5 Å². The average molecular weight is 280 g/mol. The summed E-state index contributed by atoms with van der Waals surface area (Å²) in [7, 11) is 0. The van der Waals surface area contributed by atoms with Crippen LogP contribution in [-0.4, -0.2) is 42.0 Å². The molecular weight excluding hydrogens is 260 g/mol. The van der Waals surface area contributed by atoms with Gasteiger partial charge in [-0.2, -0.15) is 11.8 Å². The van der Waals surface area contributed by atoms with Gasteiger partial charge < -0.3 is 15.4 Å². The number of carbonyl (C=O) groups excluding carboxylic acids is 1. The van der Waals surface area contributed by atoms with Crippen molar-refractivity contribution in [3.8, 4) is 5.75 Å². The van der Waals surface area contributed by atoms with Gasteiger partial charge in [0, 0.05) is 36.2 Å². The highest BCUT2D eigenvalue weighted by molar-refractivity contribution is 7.99. The van der Waals surface area contributed by atoms with E-state index in [1.165, 1.54) is 0 Å². The van der Waals surface area contributed by atoms with Crippen molar-refractivity contribution in [1.29, 1.82) is 0 Å². The van der Waals surface area contributed by atoms with Gasteiger partial charge in [0.2, 0.25) is 0 Å². The Kier molecular flexibility index (Phi) is 4.96. The lowest BCUT2D eigenvalue weighted by molar-refractivity contribution is 0.0768. The zero-order valence-corrected chi connectivity index (χ0v) is 12.0. The topological polar surface area (TPSA) is 55.6 Å². The van der Waals surface area contributed by atoms with Crippen LogP contribution in [0.4, 0.5) is 5.69 Å². The molecule has 4 nitrogen and oxygen atoms in total. The quantitative estimate of drug-likeness (QED) is 0.863. The summed E-state index contributed by atoms with van der Waals surface area (Å²) in [5.41, 5.74) is 7.02. The van der Waals surface area contributed by atoms with Gasteiger partial charge in [0.1, 0.15) is 5.75 Å². The number of nitrogens with two attached hydrogens (primary N) is 1. The summed E-state index contributed by atoms with van der Waals surface area (Å²) in [5, 5.41) is 0. The van der Waals surface area contributed by atoms with Crippen LogP contribution in [0.2, 0.25) is 0 Å². The highest BCUT2D eigenvalue weighted by Crippen LogP contribution is 2.21. The van der Waals surface area contributed by atoms with Crippen LogP contribution >= 0.6 is 11.8 Å². The number of hydrogen-bond donors (Lipinski definition) is 1. The SMILES string of the molecule is CCOc1cc(N)cc(C(=O)N2CCCSCC2)c1. The molecule has 5 heteroatoms. The standard InChI is InChI=1S/C14H20N2O2S/c1-2-18-13-9-11(8-12(15)10-13)14(17)16-4-3-6-19-7-5-16/h8-10H,2-7,15H2,1H3. The number of benzene rings is 1. The normalized spacial score (nSPS) is 15.9. The molecule has 0 aromatic heterocycles. The molecule has 1 aliphatic rings. The van der Waals surface area contributed by atoms with Crippen LogP contribution in [0.15, 0.2) is 18.2 Å². The Bertz CT molecular complexity index is 443. The molecule has 2 rings (SSSR count). The number of carbonyl (C=O) groups is 1. The third-order valence-electron chi connectivity index (χ3n) is 3.00. The largest absolute Gasteiger partial charge is 0.494 e. The van der Waals surface area contributed by atoms with Crippen molar-refractivity contribution in [2.24, 2.45) is 0 Å². The van der Waals surface area contributed by atoms with Gasteiger partial charge in [-0.25, -0.2) is 0 Å². The minimum absolute atomic E-state index is 0.0516. The molecule has 0 radical (unpaired) electrons. The molecule has 19 heavy (non-hydrogen) atoms. The number of ether oxygens (including phenoxy) is 1. The molecule has 1 aliphatic heterocycles. The summed E-state index contributed by atoms with van der Waals surface area (Å²) in [4.78, 5) is 14.4. The van der Waals surface area contributed by atoms with Gasteiger partial charge in [-0.3, -0.25) is 4.79 Å². The molecular formula is C14H20N2O2S. The van der Waals surface area contributed by atoms with E-state index in [9.17, 15) is 4.79 Å². The van der Waals surface area contributed by atoms with E-state index in [-0.39, 0.29) is 5.91 Å².